The van der Waals surface area contributed by atoms with Gasteiger partial charge in [0, 0.05) is 11.9 Å². The fourth-order valence-electron chi connectivity index (χ4n) is 1.46. The van der Waals surface area contributed by atoms with Crippen molar-refractivity contribution in [2.24, 2.45) is 0 Å². The number of sulfonamides is 1. The number of alkyl halides is 1. The average Bonchev–Trinajstić information content (AvgIpc) is 2.38. The van der Waals surface area contributed by atoms with E-state index in [-0.39, 0.29) is 18.0 Å². The number of aryl methyl sites for hydroxylation is 1. The van der Waals surface area contributed by atoms with Crippen LogP contribution < -0.4 is 0 Å². The molecule has 0 heterocycles. The number of rotatable bonds is 6. The third-order valence-corrected chi connectivity index (χ3v) is 4.69. The van der Waals surface area contributed by atoms with Crippen LogP contribution in [-0.4, -0.2) is 31.1 Å². The van der Waals surface area contributed by atoms with Crippen molar-refractivity contribution in [1.82, 2.24) is 4.31 Å². The van der Waals surface area contributed by atoms with Crippen molar-refractivity contribution < 1.29 is 8.42 Å². The molecule has 0 radical (unpaired) electrons. The summed E-state index contributed by atoms with van der Waals surface area (Å²) in [6.45, 7) is 2.24. The predicted molar refractivity (Wildman–Crippen MR) is 81.7 cm³/mol. The molecule has 102 valence electrons. The Morgan fingerprint density at radius 3 is 2.47 bits per heavy atom. The third kappa shape index (κ3) is 4.50. The molecule has 0 N–H and O–H groups in total. The fourth-order valence-corrected chi connectivity index (χ4v) is 3.03. The molecule has 1 rings (SSSR count). The number of benzene rings is 1. The van der Waals surface area contributed by atoms with Gasteiger partial charge in [-0.05, 0) is 19.1 Å². The quantitative estimate of drug-likeness (QED) is 0.453. The Morgan fingerprint density at radius 2 is 1.95 bits per heavy atom. The average molecular weight is 342 g/mol. The van der Waals surface area contributed by atoms with Gasteiger partial charge < -0.3 is 0 Å². The van der Waals surface area contributed by atoms with E-state index in [0.29, 0.717) is 5.33 Å². The van der Waals surface area contributed by atoms with E-state index in [1.165, 1.54) is 4.31 Å². The minimum Gasteiger partial charge on any atom is -0.207 e. The molecule has 1 aromatic rings. The zero-order valence-corrected chi connectivity index (χ0v) is 13.1. The first-order valence-corrected chi connectivity index (χ1v) is 8.29. The predicted octanol–water partition coefficient (Wildman–Crippen LogP) is 2.57. The minimum absolute atomic E-state index is 0.0584. The zero-order valence-electron chi connectivity index (χ0n) is 10.7. The standard InChI is InChI=1S/C14H16BrNO2S/c1-3-11-16(12-5-4-10-15)19(17,18)14-8-6-13(2)7-9-14/h1,4-9H,10-12H2,2H3/b5-4+. The largest absolute Gasteiger partial charge is 0.244 e. The van der Waals surface area contributed by atoms with Gasteiger partial charge in [-0.1, -0.05) is 51.7 Å². The van der Waals surface area contributed by atoms with E-state index in [9.17, 15) is 8.42 Å². The molecule has 5 heteroatoms. The first-order chi connectivity index (χ1) is 9.02. The van der Waals surface area contributed by atoms with Gasteiger partial charge in [0.2, 0.25) is 10.0 Å². The van der Waals surface area contributed by atoms with Crippen LogP contribution in [0.4, 0.5) is 0 Å². The van der Waals surface area contributed by atoms with Gasteiger partial charge in [-0.2, -0.15) is 4.31 Å². The highest BCUT2D eigenvalue weighted by atomic mass is 79.9. The Hall–Kier alpha value is -1.09. The summed E-state index contributed by atoms with van der Waals surface area (Å²) in [6, 6.07) is 6.75. The first kappa shape index (κ1) is 16.0. The lowest BCUT2D eigenvalue weighted by Crippen LogP contribution is -2.31. The molecule has 0 saturated carbocycles. The van der Waals surface area contributed by atoms with Crippen LogP contribution >= 0.6 is 15.9 Å². The molecule has 0 amide bonds. The Labute approximate surface area is 123 Å². The van der Waals surface area contributed by atoms with Crippen LogP contribution in [0.15, 0.2) is 41.3 Å². The van der Waals surface area contributed by atoms with Crippen molar-refractivity contribution in [3.05, 3.63) is 42.0 Å². The van der Waals surface area contributed by atoms with Crippen molar-refractivity contribution in [1.29, 1.82) is 0 Å². The molecule has 1 aromatic carbocycles. The number of hydrogen-bond donors (Lipinski definition) is 0. The number of hydrogen-bond acceptors (Lipinski definition) is 2. The van der Waals surface area contributed by atoms with Gasteiger partial charge in [0.15, 0.2) is 0 Å². The number of nitrogens with zero attached hydrogens (tertiary/aromatic N) is 1. The highest BCUT2D eigenvalue weighted by molar-refractivity contribution is 9.09. The summed E-state index contributed by atoms with van der Waals surface area (Å²) in [7, 11) is -3.54. The number of halogens is 1. The van der Waals surface area contributed by atoms with Crippen LogP contribution in [0.2, 0.25) is 0 Å². The summed E-state index contributed by atoms with van der Waals surface area (Å²) in [5, 5.41) is 0.682. The minimum atomic E-state index is -3.54. The molecule has 19 heavy (non-hydrogen) atoms. The van der Waals surface area contributed by atoms with E-state index in [1.54, 1.807) is 30.3 Å². The van der Waals surface area contributed by atoms with Gasteiger partial charge in [0.05, 0.1) is 11.4 Å². The van der Waals surface area contributed by atoms with E-state index in [2.05, 4.69) is 21.9 Å². The maximum absolute atomic E-state index is 12.4. The molecule has 0 saturated heterocycles. The maximum Gasteiger partial charge on any atom is 0.244 e. The molecule has 0 aliphatic rings. The smallest absolute Gasteiger partial charge is 0.207 e. The van der Waals surface area contributed by atoms with Crippen LogP contribution in [0.1, 0.15) is 5.56 Å². The molecule has 3 nitrogen and oxygen atoms in total. The summed E-state index contributed by atoms with van der Waals surface area (Å²) in [5.41, 5.74) is 1.02. The summed E-state index contributed by atoms with van der Waals surface area (Å²) in [6.07, 6.45) is 8.86. The fraction of sp³-hybridized carbons (Fsp3) is 0.286. The lowest BCUT2D eigenvalue weighted by atomic mass is 10.2. The van der Waals surface area contributed by atoms with E-state index in [0.717, 1.165) is 5.56 Å². The molecule has 0 spiro atoms. The van der Waals surface area contributed by atoms with Crippen LogP contribution in [0, 0.1) is 19.3 Å². The van der Waals surface area contributed by atoms with E-state index in [4.69, 9.17) is 6.42 Å². The zero-order chi connectivity index (χ0) is 14.3. The normalized spacial score (nSPS) is 11.9. The Bertz CT molecular complexity index is 570. The third-order valence-electron chi connectivity index (χ3n) is 2.49. The van der Waals surface area contributed by atoms with Crippen molar-refractivity contribution in [2.75, 3.05) is 18.4 Å². The Kier molecular flexibility index (Phi) is 6.29. The molecule has 0 bridgehead atoms. The molecule has 0 aliphatic carbocycles. The number of allylic oxidation sites excluding steroid dienone is 1. The van der Waals surface area contributed by atoms with Gasteiger partial charge in [0.1, 0.15) is 0 Å². The molecule has 0 aliphatic heterocycles. The van der Waals surface area contributed by atoms with E-state index < -0.39 is 10.0 Å². The maximum atomic E-state index is 12.4. The second-order valence-electron chi connectivity index (χ2n) is 3.94. The lowest BCUT2D eigenvalue weighted by molar-refractivity contribution is 0.478. The second kappa shape index (κ2) is 7.49. The summed E-state index contributed by atoms with van der Waals surface area (Å²) in [5.74, 6) is 2.38. The molecular formula is C14H16BrNO2S. The van der Waals surface area contributed by atoms with Crippen molar-refractivity contribution in [2.45, 2.75) is 11.8 Å². The monoisotopic (exact) mass is 341 g/mol. The van der Waals surface area contributed by atoms with Crippen LogP contribution in [0.25, 0.3) is 0 Å². The van der Waals surface area contributed by atoms with E-state index >= 15 is 0 Å². The Morgan fingerprint density at radius 1 is 1.32 bits per heavy atom. The van der Waals surface area contributed by atoms with Gasteiger partial charge in [-0.25, -0.2) is 8.42 Å². The highest BCUT2D eigenvalue weighted by Gasteiger charge is 2.22. The van der Waals surface area contributed by atoms with Crippen molar-refractivity contribution in [3.63, 3.8) is 0 Å². The highest BCUT2D eigenvalue weighted by Crippen LogP contribution is 2.16. The van der Waals surface area contributed by atoms with Gasteiger partial charge in [-0.15, -0.1) is 6.42 Å². The first-order valence-electron chi connectivity index (χ1n) is 5.73. The summed E-state index contributed by atoms with van der Waals surface area (Å²) in [4.78, 5) is 0.264. The van der Waals surface area contributed by atoms with Crippen LogP contribution in [-0.2, 0) is 10.0 Å². The topological polar surface area (TPSA) is 37.4 Å². The lowest BCUT2D eigenvalue weighted by Gasteiger charge is -2.18. The van der Waals surface area contributed by atoms with Gasteiger partial charge in [0.25, 0.3) is 0 Å². The van der Waals surface area contributed by atoms with Crippen LogP contribution in [0.3, 0.4) is 0 Å². The van der Waals surface area contributed by atoms with Crippen molar-refractivity contribution >= 4 is 26.0 Å². The van der Waals surface area contributed by atoms with Gasteiger partial charge >= 0.3 is 0 Å². The second-order valence-corrected chi connectivity index (χ2v) is 6.53. The van der Waals surface area contributed by atoms with E-state index in [1.807, 2.05) is 13.0 Å². The molecule has 0 fully saturated rings. The SMILES string of the molecule is C#CCN(C/C=C/CBr)S(=O)(=O)c1ccc(C)cc1. The van der Waals surface area contributed by atoms with Gasteiger partial charge in [-0.3, -0.25) is 0 Å². The molecule has 0 aromatic heterocycles. The van der Waals surface area contributed by atoms with Crippen LogP contribution in [0.5, 0.6) is 0 Å². The summed E-state index contributed by atoms with van der Waals surface area (Å²) >= 11 is 3.25. The molecular weight excluding hydrogens is 326 g/mol. The number of terminal acetylenes is 1. The molecule has 0 unspecified atom stereocenters. The summed E-state index contributed by atoms with van der Waals surface area (Å²) < 4.78 is 26.1. The molecule has 0 atom stereocenters. The van der Waals surface area contributed by atoms with Crippen molar-refractivity contribution in [3.8, 4) is 12.3 Å². The Balaban J connectivity index is 3.02.